The molecule has 0 fully saturated rings. The Morgan fingerprint density at radius 3 is 2.96 bits per heavy atom. The van der Waals surface area contributed by atoms with E-state index < -0.39 is 6.10 Å². The van der Waals surface area contributed by atoms with Gasteiger partial charge in [-0.15, -0.1) is 0 Å². The van der Waals surface area contributed by atoms with Gasteiger partial charge in [0.25, 0.3) is 0 Å². The Hall–Kier alpha value is -1.82. The summed E-state index contributed by atoms with van der Waals surface area (Å²) in [6, 6.07) is 9.39. The third-order valence-corrected chi connectivity index (χ3v) is 4.23. The van der Waals surface area contributed by atoms with Crippen LogP contribution in [-0.4, -0.2) is 20.7 Å². The number of hydrogen-bond donors (Lipinski definition) is 2. The number of nitrogens with one attached hydrogen (secondary N) is 1. The highest BCUT2D eigenvalue weighted by atomic mass is 35.5. The van der Waals surface area contributed by atoms with Crippen LogP contribution in [0.4, 0.5) is 0 Å². The number of rotatable bonds is 6. The van der Waals surface area contributed by atoms with E-state index in [9.17, 15) is 5.11 Å². The molecule has 0 saturated carbocycles. The van der Waals surface area contributed by atoms with Gasteiger partial charge in [0.15, 0.2) is 0 Å². The smallest absolute Gasteiger partial charge is 0.132 e. The summed E-state index contributed by atoms with van der Waals surface area (Å²) in [5.41, 5.74) is 1.94. The molecule has 0 amide bonds. The lowest BCUT2D eigenvalue weighted by atomic mass is 10.1. The van der Waals surface area contributed by atoms with E-state index in [1.807, 2.05) is 36.7 Å². The average molecular weight is 334 g/mol. The lowest BCUT2D eigenvalue weighted by molar-refractivity contribution is 0.128. The number of aliphatic hydroxyl groups excluding tert-OH is 1. The van der Waals surface area contributed by atoms with Crippen molar-refractivity contribution in [3.8, 4) is 0 Å². The Morgan fingerprint density at radius 2 is 2.22 bits per heavy atom. The van der Waals surface area contributed by atoms with Crippen molar-refractivity contribution >= 4 is 22.6 Å². The van der Waals surface area contributed by atoms with E-state index in [1.165, 1.54) is 0 Å². The standard InChI is InChI=1S/C17H20ClN3O2/c1-11(8-15(22)16-4-3-7-23-16)19-10-17-20-13-9-12(18)5-6-14(13)21(17)2/h3-7,9,11,15,19,22H,8,10H2,1-2H3. The van der Waals surface area contributed by atoms with Gasteiger partial charge < -0.3 is 19.4 Å². The minimum Gasteiger partial charge on any atom is -0.467 e. The molecule has 0 bridgehead atoms. The van der Waals surface area contributed by atoms with E-state index in [0.29, 0.717) is 23.7 Å². The van der Waals surface area contributed by atoms with Crippen molar-refractivity contribution in [3.05, 3.63) is 53.2 Å². The molecule has 0 aliphatic carbocycles. The number of imidazole rings is 1. The number of hydrogen-bond acceptors (Lipinski definition) is 4. The molecule has 0 aliphatic heterocycles. The molecule has 3 aromatic rings. The van der Waals surface area contributed by atoms with Crippen molar-refractivity contribution in [2.24, 2.45) is 7.05 Å². The fraction of sp³-hybridized carbons (Fsp3) is 0.353. The Balaban J connectivity index is 1.62. The predicted molar refractivity (Wildman–Crippen MR) is 90.3 cm³/mol. The van der Waals surface area contributed by atoms with Crippen molar-refractivity contribution in [2.45, 2.75) is 32.0 Å². The maximum absolute atomic E-state index is 10.1. The second kappa shape index (κ2) is 6.74. The van der Waals surface area contributed by atoms with Crippen LogP contribution in [0.3, 0.4) is 0 Å². The Bertz CT molecular complexity index is 783. The number of benzene rings is 1. The van der Waals surface area contributed by atoms with Crippen LogP contribution in [-0.2, 0) is 13.6 Å². The second-order valence-corrected chi connectivity index (χ2v) is 6.21. The first-order valence-corrected chi connectivity index (χ1v) is 7.98. The van der Waals surface area contributed by atoms with Gasteiger partial charge in [-0.25, -0.2) is 4.98 Å². The number of fused-ring (bicyclic) bond motifs is 1. The Labute approximate surface area is 139 Å². The Morgan fingerprint density at radius 1 is 1.39 bits per heavy atom. The molecule has 1 aromatic carbocycles. The highest BCUT2D eigenvalue weighted by molar-refractivity contribution is 6.31. The van der Waals surface area contributed by atoms with Gasteiger partial charge in [0, 0.05) is 18.1 Å². The molecule has 2 unspecified atom stereocenters. The zero-order valence-corrected chi connectivity index (χ0v) is 13.9. The van der Waals surface area contributed by atoms with Gasteiger partial charge in [-0.1, -0.05) is 11.6 Å². The second-order valence-electron chi connectivity index (χ2n) is 5.77. The highest BCUT2D eigenvalue weighted by Crippen LogP contribution is 2.21. The minimum absolute atomic E-state index is 0.124. The van der Waals surface area contributed by atoms with Gasteiger partial charge in [0.05, 0.1) is 23.8 Å². The fourth-order valence-electron chi connectivity index (χ4n) is 2.66. The maximum Gasteiger partial charge on any atom is 0.132 e. The van der Waals surface area contributed by atoms with Gasteiger partial charge >= 0.3 is 0 Å². The normalized spacial score (nSPS) is 14.3. The minimum atomic E-state index is -0.605. The first kappa shape index (κ1) is 16.1. The lowest BCUT2D eigenvalue weighted by Crippen LogP contribution is -2.28. The largest absolute Gasteiger partial charge is 0.467 e. The van der Waals surface area contributed by atoms with Crippen LogP contribution in [0.25, 0.3) is 11.0 Å². The lowest BCUT2D eigenvalue weighted by Gasteiger charge is -2.16. The average Bonchev–Trinajstić information content (AvgIpc) is 3.14. The molecule has 3 rings (SSSR count). The van der Waals surface area contributed by atoms with E-state index in [2.05, 4.69) is 10.3 Å². The van der Waals surface area contributed by atoms with Crippen molar-refractivity contribution in [3.63, 3.8) is 0 Å². The summed E-state index contributed by atoms with van der Waals surface area (Å²) >= 11 is 6.01. The van der Waals surface area contributed by atoms with E-state index in [1.54, 1.807) is 18.4 Å². The quantitative estimate of drug-likeness (QED) is 0.725. The summed E-state index contributed by atoms with van der Waals surface area (Å²) in [6.45, 7) is 2.65. The summed E-state index contributed by atoms with van der Waals surface area (Å²) in [5, 5.41) is 14.2. The summed E-state index contributed by atoms with van der Waals surface area (Å²) in [4.78, 5) is 4.61. The molecule has 5 nitrogen and oxygen atoms in total. The number of aliphatic hydroxyl groups is 1. The zero-order valence-electron chi connectivity index (χ0n) is 13.2. The van der Waals surface area contributed by atoms with Crippen molar-refractivity contribution in [1.82, 2.24) is 14.9 Å². The van der Waals surface area contributed by atoms with Crippen LogP contribution in [0.2, 0.25) is 5.02 Å². The van der Waals surface area contributed by atoms with Crippen molar-refractivity contribution in [1.29, 1.82) is 0 Å². The molecule has 23 heavy (non-hydrogen) atoms. The number of aromatic nitrogens is 2. The van der Waals surface area contributed by atoms with Gasteiger partial charge in [-0.05, 0) is 43.7 Å². The number of furan rings is 1. The predicted octanol–water partition coefficient (Wildman–Crippen LogP) is 3.42. The number of halogens is 1. The Kier molecular flexibility index (Phi) is 4.71. The van der Waals surface area contributed by atoms with Gasteiger partial charge in [-0.2, -0.15) is 0 Å². The molecule has 0 spiro atoms. The molecule has 2 N–H and O–H groups in total. The van der Waals surface area contributed by atoms with Gasteiger partial charge in [0.1, 0.15) is 17.7 Å². The molecule has 6 heteroatoms. The molecule has 2 heterocycles. The molecular weight excluding hydrogens is 314 g/mol. The van der Waals surface area contributed by atoms with E-state index in [-0.39, 0.29) is 6.04 Å². The van der Waals surface area contributed by atoms with Crippen molar-refractivity contribution < 1.29 is 9.52 Å². The van der Waals surface area contributed by atoms with Crippen LogP contribution in [0, 0.1) is 0 Å². The number of aryl methyl sites for hydroxylation is 1. The van der Waals surface area contributed by atoms with E-state index in [0.717, 1.165) is 16.9 Å². The topological polar surface area (TPSA) is 63.2 Å². The molecule has 0 aliphatic rings. The summed E-state index contributed by atoms with van der Waals surface area (Å²) in [5.74, 6) is 1.53. The number of nitrogens with zero attached hydrogens (tertiary/aromatic N) is 2. The van der Waals surface area contributed by atoms with Crippen LogP contribution >= 0.6 is 11.6 Å². The first-order valence-electron chi connectivity index (χ1n) is 7.60. The summed E-state index contributed by atoms with van der Waals surface area (Å²) in [6.07, 6.45) is 1.54. The molecule has 0 saturated heterocycles. The highest BCUT2D eigenvalue weighted by Gasteiger charge is 2.15. The molecule has 2 aromatic heterocycles. The van der Waals surface area contributed by atoms with Crippen LogP contribution in [0.5, 0.6) is 0 Å². The van der Waals surface area contributed by atoms with Gasteiger partial charge in [0.2, 0.25) is 0 Å². The van der Waals surface area contributed by atoms with Crippen LogP contribution in [0.15, 0.2) is 41.0 Å². The van der Waals surface area contributed by atoms with Gasteiger partial charge in [-0.3, -0.25) is 0 Å². The summed E-state index contributed by atoms with van der Waals surface area (Å²) in [7, 11) is 1.99. The molecule has 122 valence electrons. The third-order valence-electron chi connectivity index (χ3n) is 3.99. The maximum atomic E-state index is 10.1. The van der Waals surface area contributed by atoms with E-state index >= 15 is 0 Å². The molecule has 2 atom stereocenters. The summed E-state index contributed by atoms with van der Waals surface area (Å²) < 4.78 is 7.27. The van der Waals surface area contributed by atoms with Crippen molar-refractivity contribution in [2.75, 3.05) is 0 Å². The zero-order chi connectivity index (χ0) is 16.4. The third kappa shape index (κ3) is 3.58. The molecule has 0 radical (unpaired) electrons. The van der Waals surface area contributed by atoms with Crippen LogP contribution < -0.4 is 5.32 Å². The SMILES string of the molecule is CC(CC(O)c1ccco1)NCc1nc2cc(Cl)ccc2n1C. The fourth-order valence-corrected chi connectivity index (χ4v) is 2.83. The monoisotopic (exact) mass is 333 g/mol. The first-order chi connectivity index (χ1) is 11.0. The molecular formula is C17H20ClN3O2. The van der Waals surface area contributed by atoms with E-state index in [4.69, 9.17) is 16.0 Å². The van der Waals surface area contributed by atoms with Crippen LogP contribution in [0.1, 0.15) is 31.0 Å².